The van der Waals surface area contributed by atoms with E-state index in [0.29, 0.717) is 22.6 Å². The number of carbonyl (C=O) groups is 2. The van der Waals surface area contributed by atoms with Gasteiger partial charge in [-0.2, -0.15) is 0 Å². The Balaban J connectivity index is 2.13. The predicted octanol–water partition coefficient (Wildman–Crippen LogP) is 3.81. The number of benzene rings is 2. The molecule has 0 N–H and O–H groups in total. The Bertz CT molecular complexity index is 766. The summed E-state index contributed by atoms with van der Waals surface area (Å²) in [5.41, 5.74) is 0.317. The van der Waals surface area contributed by atoms with Crippen molar-refractivity contribution in [2.24, 2.45) is 0 Å². The van der Waals surface area contributed by atoms with Crippen molar-refractivity contribution < 1.29 is 28.5 Å². The summed E-state index contributed by atoms with van der Waals surface area (Å²) in [6.45, 7) is -0.400. The molecule has 0 bridgehead atoms. The number of esters is 1. The molecule has 0 amide bonds. The zero-order chi connectivity index (χ0) is 18.4. The van der Waals surface area contributed by atoms with Crippen LogP contribution in [0.25, 0.3) is 0 Å². The average molecular weight is 385 g/mol. The molecular weight excluding hydrogens is 371 g/mol. The minimum atomic E-state index is -0.707. The molecular formula is C17H14Cl2O6. The van der Waals surface area contributed by atoms with E-state index in [2.05, 4.69) is 0 Å². The molecule has 25 heavy (non-hydrogen) atoms. The SMILES string of the molecule is COc1cc(C=O)cc(OC)c1OC(=O)COc1ccc(Cl)cc1Cl. The topological polar surface area (TPSA) is 71.1 Å². The van der Waals surface area contributed by atoms with Crippen LogP contribution < -0.4 is 18.9 Å². The molecule has 0 aromatic heterocycles. The molecule has 0 unspecified atom stereocenters. The van der Waals surface area contributed by atoms with Crippen molar-refractivity contribution in [3.05, 3.63) is 45.9 Å². The monoisotopic (exact) mass is 384 g/mol. The zero-order valence-corrected chi connectivity index (χ0v) is 14.9. The standard InChI is InChI=1S/C17H14Cl2O6/c1-22-14-5-10(8-20)6-15(23-2)17(14)25-16(21)9-24-13-4-3-11(18)7-12(13)19/h3-8H,9H2,1-2H3. The van der Waals surface area contributed by atoms with Gasteiger partial charge in [-0.15, -0.1) is 0 Å². The molecule has 0 aliphatic heterocycles. The largest absolute Gasteiger partial charge is 0.493 e. The van der Waals surface area contributed by atoms with Crippen molar-refractivity contribution in [3.63, 3.8) is 0 Å². The van der Waals surface area contributed by atoms with E-state index < -0.39 is 12.6 Å². The van der Waals surface area contributed by atoms with E-state index in [9.17, 15) is 9.59 Å². The quantitative estimate of drug-likeness (QED) is 0.410. The highest BCUT2D eigenvalue weighted by atomic mass is 35.5. The molecule has 0 spiro atoms. The summed E-state index contributed by atoms with van der Waals surface area (Å²) in [4.78, 5) is 23.0. The Hall–Kier alpha value is -2.44. The number of rotatable bonds is 7. The summed E-state index contributed by atoms with van der Waals surface area (Å²) in [7, 11) is 2.76. The highest BCUT2D eigenvalue weighted by Crippen LogP contribution is 2.38. The van der Waals surface area contributed by atoms with Gasteiger partial charge in [0.25, 0.3) is 0 Å². The van der Waals surface area contributed by atoms with Gasteiger partial charge in [-0.1, -0.05) is 23.2 Å². The van der Waals surface area contributed by atoms with Gasteiger partial charge in [0.15, 0.2) is 18.1 Å². The maximum absolute atomic E-state index is 12.1. The van der Waals surface area contributed by atoms with E-state index in [1.54, 1.807) is 6.07 Å². The van der Waals surface area contributed by atoms with Gasteiger partial charge in [-0.3, -0.25) is 4.79 Å². The van der Waals surface area contributed by atoms with Crippen LogP contribution in [-0.4, -0.2) is 33.1 Å². The van der Waals surface area contributed by atoms with E-state index in [1.165, 1.54) is 38.5 Å². The molecule has 0 saturated heterocycles. The summed E-state index contributed by atoms with van der Waals surface area (Å²) < 4.78 is 20.8. The van der Waals surface area contributed by atoms with Gasteiger partial charge in [-0.05, 0) is 30.3 Å². The van der Waals surface area contributed by atoms with Gasteiger partial charge in [0.05, 0.1) is 19.2 Å². The van der Waals surface area contributed by atoms with E-state index >= 15 is 0 Å². The van der Waals surface area contributed by atoms with Crippen molar-refractivity contribution >= 4 is 35.5 Å². The summed E-state index contributed by atoms with van der Waals surface area (Å²) in [5, 5.41) is 0.718. The zero-order valence-electron chi connectivity index (χ0n) is 13.4. The van der Waals surface area contributed by atoms with Crippen molar-refractivity contribution in [2.75, 3.05) is 20.8 Å². The molecule has 0 fully saturated rings. The van der Waals surface area contributed by atoms with Crippen molar-refractivity contribution in [2.45, 2.75) is 0 Å². The van der Waals surface area contributed by atoms with Gasteiger partial charge in [-0.25, -0.2) is 4.79 Å². The van der Waals surface area contributed by atoms with Crippen molar-refractivity contribution in [1.82, 2.24) is 0 Å². The number of ether oxygens (including phenoxy) is 4. The Morgan fingerprint density at radius 1 is 1.04 bits per heavy atom. The number of hydrogen-bond acceptors (Lipinski definition) is 6. The van der Waals surface area contributed by atoms with E-state index in [1.807, 2.05) is 0 Å². The number of methoxy groups -OCH3 is 2. The van der Waals surface area contributed by atoms with Crippen molar-refractivity contribution in [3.8, 4) is 23.0 Å². The number of carbonyl (C=O) groups excluding carboxylic acids is 2. The smallest absolute Gasteiger partial charge is 0.349 e. The molecule has 0 saturated carbocycles. The fraction of sp³-hybridized carbons (Fsp3) is 0.176. The van der Waals surface area contributed by atoms with Crippen molar-refractivity contribution in [1.29, 1.82) is 0 Å². The average Bonchev–Trinajstić information content (AvgIpc) is 2.60. The van der Waals surface area contributed by atoms with Gasteiger partial charge in [0, 0.05) is 10.6 Å². The first-order valence-corrected chi connectivity index (χ1v) is 7.73. The first kappa shape index (κ1) is 18.9. The minimum absolute atomic E-state index is 0.0476. The number of halogens is 2. The fourth-order valence-electron chi connectivity index (χ4n) is 1.94. The molecule has 0 atom stereocenters. The normalized spacial score (nSPS) is 10.1. The summed E-state index contributed by atoms with van der Waals surface area (Å²) in [6.07, 6.45) is 0.627. The molecule has 8 heteroatoms. The van der Waals surface area contributed by atoms with Gasteiger partial charge in [0.1, 0.15) is 12.0 Å². The summed E-state index contributed by atoms with van der Waals surface area (Å²) >= 11 is 11.8. The molecule has 0 aliphatic rings. The molecule has 0 heterocycles. The van der Waals surface area contributed by atoms with E-state index in [0.717, 1.165) is 0 Å². The number of aldehydes is 1. The third-order valence-corrected chi connectivity index (χ3v) is 3.60. The second kappa shape index (κ2) is 8.60. The third-order valence-electron chi connectivity index (χ3n) is 3.07. The summed E-state index contributed by atoms with van der Waals surface area (Å²) in [6, 6.07) is 7.47. The minimum Gasteiger partial charge on any atom is -0.493 e. The maximum Gasteiger partial charge on any atom is 0.349 e. The first-order valence-electron chi connectivity index (χ1n) is 6.98. The van der Waals surface area contributed by atoms with Crippen LogP contribution in [0.5, 0.6) is 23.0 Å². The molecule has 2 aromatic rings. The Kier molecular flexibility index (Phi) is 6.50. The van der Waals surface area contributed by atoms with Crippen LogP contribution in [-0.2, 0) is 4.79 Å². The molecule has 132 valence electrons. The third kappa shape index (κ3) is 4.78. The van der Waals surface area contributed by atoms with E-state index in [4.69, 9.17) is 42.1 Å². The second-order valence-electron chi connectivity index (χ2n) is 4.71. The van der Waals surface area contributed by atoms with Crippen LogP contribution in [0.2, 0.25) is 10.0 Å². The van der Waals surface area contributed by atoms with Gasteiger partial charge in [0.2, 0.25) is 5.75 Å². The molecule has 2 aromatic carbocycles. The maximum atomic E-state index is 12.1. The van der Waals surface area contributed by atoms with Crippen LogP contribution in [0, 0.1) is 0 Å². The highest BCUT2D eigenvalue weighted by molar-refractivity contribution is 6.35. The van der Waals surface area contributed by atoms with Gasteiger partial charge < -0.3 is 18.9 Å². The van der Waals surface area contributed by atoms with Crippen LogP contribution in [0.1, 0.15) is 10.4 Å². The van der Waals surface area contributed by atoms with Crippen LogP contribution in [0.4, 0.5) is 0 Å². The van der Waals surface area contributed by atoms with Crippen LogP contribution in [0.3, 0.4) is 0 Å². The summed E-state index contributed by atoms with van der Waals surface area (Å²) in [5.74, 6) is -0.00947. The lowest BCUT2D eigenvalue weighted by Crippen LogP contribution is -2.18. The van der Waals surface area contributed by atoms with Crippen LogP contribution >= 0.6 is 23.2 Å². The molecule has 0 radical (unpaired) electrons. The molecule has 0 aliphatic carbocycles. The predicted molar refractivity (Wildman–Crippen MR) is 92.5 cm³/mol. The number of hydrogen-bond donors (Lipinski definition) is 0. The lowest BCUT2D eigenvalue weighted by Gasteiger charge is -2.14. The Labute approximate surface area is 154 Å². The lowest BCUT2D eigenvalue weighted by atomic mass is 10.2. The van der Waals surface area contributed by atoms with Crippen LogP contribution in [0.15, 0.2) is 30.3 Å². The van der Waals surface area contributed by atoms with E-state index in [-0.39, 0.29) is 22.3 Å². The molecule has 2 rings (SSSR count). The molecule has 6 nitrogen and oxygen atoms in total. The fourth-order valence-corrected chi connectivity index (χ4v) is 2.40. The first-order chi connectivity index (χ1) is 12.0. The Morgan fingerprint density at radius 3 is 2.20 bits per heavy atom. The van der Waals surface area contributed by atoms with Gasteiger partial charge >= 0.3 is 5.97 Å². The highest BCUT2D eigenvalue weighted by Gasteiger charge is 2.18. The second-order valence-corrected chi connectivity index (χ2v) is 5.55. The Morgan fingerprint density at radius 2 is 1.68 bits per heavy atom. The lowest BCUT2D eigenvalue weighted by molar-refractivity contribution is -0.136.